The number of hydrogen-bond donors (Lipinski definition) is 1. The molecular formula is C14H16O4. The van der Waals surface area contributed by atoms with Crippen LogP contribution in [-0.2, 0) is 9.53 Å². The van der Waals surface area contributed by atoms with Crippen LogP contribution in [0.15, 0.2) is 34.9 Å². The van der Waals surface area contributed by atoms with Gasteiger partial charge in [-0.1, -0.05) is 31.5 Å². The minimum Gasteiger partial charge on any atom is -0.464 e. The molecule has 1 aromatic heterocycles. The van der Waals surface area contributed by atoms with E-state index in [1.54, 1.807) is 12.1 Å². The van der Waals surface area contributed by atoms with E-state index in [0.29, 0.717) is 17.8 Å². The summed E-state index contributed by atoms with van der Waals surface area (Å²) in [5.74, 6) is -0.630. The second-order valence-electron chi connectivity index (χ2n) is 4.11. The van der Waals surface area contributed by atoms with Crippen molar-refractivity contribution < 1.29 is 19.1 Å². The number of esters is 1. The third-order valence-electron chi connectivity index (χ3n) is 2.77. The highest BCUT2D eigenvalue weighted by molar-refractivity contribution is 5.87. The highest BCUT2D eigenvalue weighted by Gasteiger charge is 2.22. The second-order valence-corrected chi connectivity index (χ2v) is 4.11. The van der Waals surface area contributed by atoms with Gasteiger partial charge < -0.3 is 14.3 Å². The average Bonchev–Trinajstić information content (AvgIpc) is 2.82. The molecule has 0 aliphatic carbocycles. The Bertz CT molecular complexity index is 529. The number of aliphatic hydroxyl groups is 1. The van der Waals surface area contributed by atoms with Crippen molar-refractivity contribution in [2.75, 3.05) is 6.61 Å². The Morgan fingerprint density at radius 2 is 2.22 bits per heavy atom. The van der Waals surface area contributed by atoms with Crippen LogP contribution in [-0.4, -0.2) is 17.7 Å². The molecule has 2 aromatic rings. The summed E-state index contributed by atoms with van der Waals surface area (Å²) in [6.45, 7) is 2.34. The number of unbranched alkanes of at least 4 members (excludes halogenated alkanes) is 1. The first-order valence-corrected chi connectivity index (χ1v) is 6.05. The van der Waals surface area contributed by atoms with Crippen LogP contribution < -0.4 is 0 Å². The first-order valence-electron chi connectivity index (χ1n) is 6.05. The third-order valence-corrected chi connectivity index (χ3v) is 2.77. The highest BCUT2D eigenvalue weighted by Crippen LogP contribution is 2.26. The number of benzene rings is 1. The van der Waals surface area contributed by atoms with E-state index in [9.17, 15) is 9.90 Å². The number of rotatable bonds is 5. The van der Waals surface area contributed by atoms with E-state index in [1.807, 2.05) is 19.1 Å². The van der Waals surface area contributed by atoms with E-state index in [0.717, 1.165) is 18.2 Å². The number of ether oxygens (including phenoxy) is 1. The standard InChI is InChI=1S/C14H16O4/c1-2-3-8-17-14(16)13(15)11-9-18-12-7-5-4-6-10(11)12/h4-7,9,13,15H,2-3,8H2,1H3. The molecule has 18 heavy (non-hydrogen) atoms. The third kappa shape index (κ3) is 2.54. The molecule has 0 radical (unpaired) electrons. The number of para-hydroxylation sites is 1. The lowest BCUT2D eigenvalue weighted by Gasteiger charge is -2.09. The number of fused-ring (bicyclic) bond motifs is 1. The largest absolute Gasteiger partial charge is 0.464 e. The van der Waals surface area contributed by atoms with Crippen LogP contribution >= 0.6 is 0 Å². The number of furan rings is 1. The number of carbonyl (C=O) groups excluding carboxylic acids is 1. The van der Waals surface area contributed by atoms with E-state index in [-0.39, 0.29) is 0 Å². The lowest BCUT2D eigenvalue weighted by molar-refractivity contribution is -0.154. The second kappa shape index (κ2) is 5.69. The highest BCUT2D eigenvalue weighted by atomic mass is 16.5. The zero-order chi connectivity index (χ0) is 13.0. The molecule has 4 heteroatoms. The van der Waals surface area contributed by atoms with Crippen LogP contribution in [0.4, 0.5) is 0 Å². The zero-order valence-corrected chi connectivity index (χ0v) is 10.3. The fourth-order valence-corrected chi connectivity index (χ4v) is 1.73. The maximum absolute atomic E-state index is 11.6. The molecule has 1 aromatic carbocycles. The van der Waals surface area contributed by atoms with Gasteiger partial charge in [0.05, 0.1) is 12.9 Å². The molecule has 96 valence electrons. The van der Waals surface area contributed by atoms with Crippen LogP contribution in [0, 0.1) is 0 Å². The van der Waals surface area contributed by atoms with Crippen molar-refractivity contribution in [2.45, 2.75) is 25.9 Å². The Labute approximate surface area is 105 Å². The summed E-state index contributed by atoms with van der Waals surface area (Å²) in [4.78, 5) is 11.6. The molecule has 0 saturated heterocycles. The molecule has 0 fully saturated rings. The minimum atomic E-state index is -1.29. The Hall–Kier alpha value is -1.81. The molecule has 2 rings (SSSR count). The van der Waals surface area contributed by atoms with Gasteiger partial charge in [0.15, 0.2) is 6.10 Å². The van der Waals surface area contributed by atoms with Crippen molar-refractivity contribution in [3.63, 3.8) is 0 Å². The van der Waals surface area contributed by atoms with Crippen molar-refractivity contribution in [1.82, 2.24) is 0 Å². The van der Waals surface area contributed by atoms with E-state index < -0.39 is 12.1 Å². The molecule has 1 heterocycles. The topological polar surface area (TPSA) is 59.7 Å². The summed E-state index contributed by atoms with van der Waals surface area (Å²) in [5.41, 5.74) is 1.10. The first kappa shape index (κ1) is 12.6. The fraction of sp³-hybridized carbons (Fsp3) is 0.357. The number of carbonyl (C=O) groups is 1. The number of aliphatic hydroxyl groups excluding tert-OH is 1. The van der Waals surface area contributed by atoms with Gasteiger partial charge in [0, 0.05) is 10.9 Å². The smallest absolute Gasteiger partial charge is 0.339 e. The van der Waals surface area contributed by atoms with Gasteiger partial charge in [-0.05, 0) is 12.5 Å². The number of hydrogen-bond acceptors (Lipinski definition) is 4. The van der Waals surface area contributed by atoms with Gasteiger partial charge in [-0.3, -0.25) is 0 Å². The molecule has 0 saturated carbocycles. The van der Waals surface area contributed by atoms with E-state index >= 15 is 0 Å². The van der Waals surface area contributed by atoms with Crippen molar-refractivity contribution in [3.05, 3.63) is 36.1 Å². The molecule has 0 aliphatic rings. The normalized spacial score (nSPS) is 12.6. The quantitative estimate of drug-likeness (QED) is 0.653. The molecule has 1 N–H and O–H groups in total. The summed E-state index contributed by atoms with van der Waals surface area (Å²) < 4.78 is 10.3. The fourth-order valence-electron chi connectivity index (χ4n) is 1.73. The van der Waals surface area contributed by atoms with Gasteiger partial charge >= 0.3 is 5.97 Å². The van der Waals surface area contributed by atoms with Gasteiger partial charge in [0.2, 0.25) is 0 Å². The Morgan fingerprint density at radius 3 is 3.00 bits per heavy atom. The summed E-state index contributed by atoms with van der Waals surface area (Å²) in [7, 11) is 0. The summed E-state index contributed by atoms with van der Waals surface area (Å²) in [5, 5.41) is 10.7. The lowest BCUT2D eigenvalue weighted by atomic mass is 10.1. The Balaban J connectivity index is 2.13. The first-order chi connectivity index (χ1) is 8.74. The molecule has 4 nitrogen and oxygen atoms in total. The maximum Gasteiger partial charge on any atom is 0.339 e. The van der Waals surface area contributed by atoms with E-state index in [4.69, 9.17) is 9.15 Å². The van der Waals surface area contributed by atoms with Gasteiger partial charge in [-0.15, -0.1) is 0 Å². The summed E-state index contributed by atoms with van der Waals surface area (Å²) >= 11 is 0. The van der Waals surface area contributed by atoms with Gasteiger partial charge in [-0.25, -0.2) is 4.79 Å². The van der Waals surface area contributed by atoms with Gasteiger partial charge in [0.25, 0.3) is 0 Å². The van der Waals surface area contributed by atoms with Gasteiger partial charge in [-0.2, -0.15) is 0 Å². The van der Waals surface area contributed by atoms with Crippen LogP contribution in [0.25, 0.3) is 11.0 Å². The van der Waals surface area contributed by atoms with Crippen LogP contribution in [0.3, 0.4) is 0 Å². The molecule has 0 bridgehead atoms. The minimum absolute atomic E-state index is 0.335. The molecular weight excluding hydrogens is 232 g/mol. The van der Waals surface area contributed by atoms with Crippen LogP contribution in [0.2, 0.25) is 0 Å². The van der Waals surface area contributed by atoms with E-state index in [1.165, 1.54) is 6.26 Å². The zero-order valence-electron chi connectivity index (χ0n) is 10.3. The van der Waals surface area contributed by atoms with Crippen LogP contribution in [0.5, 0.6) is 0 Å². The van der Waals surface area contributed by atoms with Gasteiger partial charge in [0.1, 0.15) is 5.58 Å². The summed E-state index contributed by atoms with van der Waals surface area (Å²) in [6.07, 6.45) is 1.85. The lowest BCUT2D eigenvalue weighted by Crippen LogP contribution is -2.15. The monoisotopic (exact) mass is 248 g/mol. The molecule has 0 amide bonds. The van der Waals surface area contributed by atoms with E-state index in [2.05, 4.69) is 0 Å². The van der Waals surface area contributed by atoms with Crippen molar-refractivity contribution in [2.24, 2.45) is 0 Å². The molecule has 0 aliphatic heterocycles. The Kier molecular flexibility index (Phi) is 3.99. The summed E-state index contributed by atoms with van der Waals surface area (Å²) in [6, 6.07) is 7.25. The van der Waals surface area contributed by atoms with Crippen molar-refractivity contribution >= 4 is 16.9 Å². The van der Waals surface area contributed by atoms with Crippen LogP contribution in [0.1, 0.15) is 31.4 Å². The molecule has 1 unspecified atom stereocenters. The Morgan fingerprint density at radius 1 is 1.44 bits per heavy atom. The SMILES string of the molecule is CCCCOC(=O)C(O)c1coc2ccccc12. The van der Waals surface area contributed by atoms with Crippen molar-refractivity contribution in [3.8, 4) is 0 Å². The predicted octanol–water partition coefficient (Wildman–Crippen LogP) is 2.81. The average molecular weight is 248 g/mol. The molecule has 1 atom stereocenters. The maximum atomic E-state index is 11.6. The molecule has 0 spiro atoms. The van der Waals surface area contributed by atoms with Crippen molar-refractivity contribution in [1.29, 1.82) is 0 Å². The predicted molar refractivity (Wildman–Crippen MR) is 67.0 cm³/mol.